The maximum Gasteiger partial charge on any atom is 0.233 e. The standard InChI is InChI=1S/C14H18BrNOS/c1-2-5-11(15)9-16-14(17)13-8-10-6-3-4-7-12(10)18-13/h3-4,6-7,11,13H,2,5,8-9H2,1H3,(H,16,17). The first-order valence-electron chi connectivity index (χ1n) is 6.37. The molecule has 2 atom stereocenters. The molecule has 0 aliphatic carbocycles. The lowest BCUT2D eigenvalue weighted by molar-refractivity contribution is -0.120. The molecule has 2 unspecified atom stereocenters. The highest BCUT2D eigenvalue weighted by Crippen LogP contribution is 2.36. The van der Waals surface area contributed by atoms with Crippen LogP contribution in [0.1, 0.15) is 25.3 Å². The zero-order chi connectivity index (χ0) is 13.0. The first-order valence-corrected chi connectivity index (χ1v) is 8.16. The van der Waals surface area contributed by atoms with Crippen molar-refractivity contribution in [3.8, 4) is 0 Å². The molecule has 1 aromatic rings. The Morgan fingerprint density at radius 1 is 1.56 bits per heavy atom. The Balaban J connectivity index is 1.82. The van der Waals surface area contributed by atoms with Gasteiger partial charge in [-0.25, -0.2) is 0 Å². The first-order chi connectivity index (χ1) is 8.70. The summed E-state index contributed by atoms with van der Waals surface area (Å²) in [5.41, 5.74) is 1.30. The fourth-order valence-corrected chi connectivity index (χ4v) is 3.91. The maximum atomic E-state index is 12.1. The quantitative estimate of drug-likeness (QED) is 0.840. The van der Waals surface area contributed by atoms with E-state index < -0.39 is 0 Å². The molecule has 0 radical (unpaired) electrons. The average molecular weight is 328 g/mol. The summed E-state index contributed by atoms with van der Waals surface area (Å²) in [5, 5.41) is 3.08. The lowest BCUT2D eigenvalue weighted by atomic mass is 10.1. The topological polar surface area (TPSA) is 29.1 Å². The van der Waals surface area contributed by atoms with Gasteiger partial charge in [-0.15, -0.1) is 11.8 Å². The van der Waals surface area contributed by atoms with Crippen LogP contribution in [0.4, 0.5) is 0 Å². The summed E-state index contributed by atoms with van der Waals surface area (Å²) in [6, 6.07) is 8.27. The largest absolute Gasteiger partial charge is 0.354 e. The van der Waals surface area contributed by atoms with Crippen molar-refractivity contribution in [2.75, 3.05) is 6.54 Å². The van der Waals surface area contributed by atoms with Gasteiger partial charge >= 0.3 is 0 Å². The Morgan fingerprint density at radius 3 is 3.06 bits per heavy atom. The number of nitrogens with one attached hydrogen (secondary N) is 1. The molecule has 0 aromatic heterocycles. The maximum absolute atomic E-state index is 12.1. The molecule has 1 aromatic carbocycles. The Bertz CT molecular complexity index is 399. The highest BCUT2D eigenvalue weighted by Gasteiger charge is 2.27. The fraction of sp³-hybridized carbons (Fsp3) is 0.500. The zero-order valence-electron chi connectivity index (χ0n) is 10.5. The molecule has 1 heterocycles. The third kappa shape index (κ3) is 3.51. The fourth-order valence-electron chi connectivity index (χ4n) is 2.07. The van der Waals surface area contributed by atoms with Gasteiger partial charge in [0.2, 0.25) is 5.91 Å². The van der Waals surface area contributed by atoms with Crippen molar-refractivity contribution in [2.45, 2.75) is 41.2 Å². The highest BCUT2D eigenvalue weighted by molar-refractivity contribution is 9.09. The number of hydrogen-bond donors (Lipinski definition) is 1. The molecule has 0 saturated heterocycles. The third-order valence-corrected chi connectivity index (χ3v) is 5.14. The van der Waals surface area contributed by atoms with E-state index in [0.717, 1.165) is 25.8 Å². The van der Waals surface area contributed by atoms with Gasteiger partial charge in [-0.1, -0.05) is 47.5 Å². The Hall–Kier alpha value is -0.480. The molecule has 98 valence electrons. The van der Waals surface area contributed by atoms with Crippen LogP contribution in [-0.4, -0.2) is 22.5 Å². The van der Waals surface area contributed by atoms with E-state index >= 15 is 0 Å². The predicted molar refractivity (Wildman–Crippen MR) is 80.4 cm³/mol. The molecule has 4 heteroatoms. The van der Waals surface area contributed by atoms with Crippen molar-refractivity contribution in [3.63, 3.8) is 0 Å². The number of halogens is 1. The molecule has 1 aliphatic rings. The second kappa shape index (κ2) is 6.62. The van der Waals surface area contributed by atoms with Gasteiger partial charge in [-0.2, -0.15) is 0 Å². The number of carbonyl (C=O) groups is 1. The van der Waals surface area contributed by atoms with Crippen LogP contribution in [0.5, 0.6) is 0 Å². The smallest absolute Gasteiger partial charge is 0.233 e. The lowest BCUT2D eigenvalue weighted by Crippen LogP contribution is -2.36. The summed E-state index contributed by atoms with van der Waals surface area (Å²) >= 11 is 5.26. The number of thioether (sulfide) groups is 1. The second-order valence-electron chi connectivity index (χ2n) is 4.55. The van der Waals surface area contributed by atoms with Gasteiger partial charge < -0.3 is 5.32 Å². The van der Waals surface area contributed by atoms with Gasteiger partial charge in [0, 0.05) is 16.3 Å². The monoisotopic (exact) mass is 327 g/mol. The van der Waals surface area contributed by atoms with Crippen LogP contribution in [-0.2, 0) is 11.2 Å². The molecular weight excluding hydrogens is 310 g/mol. The van der Waals surface area contributed by atoms with Gasteiger partial charge in [0.05, 0.1) is 5.25 Å². The summed E-state index contributed by atoms with van der Waals surface area (Å²) in [6.45, 7) is 2.87. The van der Waals surface area contributed by atoms with Gasteiger partial charge in [-0.3, -0.25) is 4.79 Å². The van der Waals surface area contributed by atoms with E-state index in [-0.39, 0.29) is 11.2 Å². The van der Waals surface area contributed by atoms with E-state index in [4.69, 9.17) is 0 Å². The van der Waals surface area contributed by atoms with Crippen LogP contribution in [0.3, 0.4) is 0 Å². The highest BCUT2D eigenvalue weighted by atomic mass is 79.9. The van der Waals surface area contributed by atoms with Crippen LogP contribution in [0.15, 0.2) is 29.2 Å². The van der Waals surface area contributed by atoms with E-state index in [1.807, 2.05) is 12.1 Å². The molecule has 2 nitrogen and oxygen atoms in total. The van der Waals surface area contributed by atoms with Crippen molar-refractivity contribution >= 4 is 33.6 Å². The molecule has 1 N–H and O–H groups in total. The Kier molecular flexibility index (Phi) is 5.13. The number of amides is 1. The molecule has 18 heavy (non-hydrogen) atoms. The number of alkyl halides is 1. The molecule has 0 spiro atoms. The summed E-state index contributed by atoms with van der Waals surface area (Å²) in [6.07, 6.45) is 3.08. The van der Waals surface area contributed by atoms with E-state index in [2.05, 4.69) is 40.3 Å². The van der Waals surface area contributed by atoms with Gasteiger partial charge in [-0.05, 0) is 24.5 Å². The number of hydrogen-bond acceptors (Lipinski definition) is 2. The Morgan fingerprint density at radius 2 is 2.33 bits per heavy atom. The van der Waals surface area contributed by atoms with Crippen molar-refractivity contribution in [1.29, 1.82) is 0 Å². The minimum absolute atomic E-state index is 0.0451. The Labute approximate surface area is 121 Å². The van der Waals surface area contributed by atoms with Crippen LogP contribution < -0.4 is 5.32 Å². The third-order valence-electron chi connectivity index (χ3n) is 3.04. The second-order valence-corrected chi connectivity index (χ2v) is 7.09. The average Bonchev–Trinajstić information content (AvgIpc) is 2.80. The summed E-state index contributed by atoms with van der Waals surface area (Å²) in [7, 11) is 0. The van der Waals surface area contributed by atoms with Crippen LogP contribution in [0.25, 0.3) is 0 Å². The lowest BCUT2D eigenvalue weighted by Gasteiger charge is -2.13. The van der Waals surface area contributed by atoms with Gasteiger partial charge in [0.1, 0.15) is 0 Å². The van der Waals surface area contributed by atoms with Crippen molar-refractivity contribution < 1.29 is 4.79 Å². The van der Waals surface area contributed by atoms with Gasteiger partial charge in [0.15, 0.2) is 0 Å². The van der Waals surface area contributed by atoms with Crippen molar-refractivity contribution in [1.82, 2.24) is 5.32 Å². The molecule has 0 bridgehead atoms. The van der Waals surface area contributed by atoms with E-state index in [1.54, 1.807) is 11.8 Å². The zero-order valence-corrected chi connectivity index (χ0v) is 12.9. The number of benzene rings is 1. The molecule has 1 amide bonds. The minimum Gasteiger partial charge on any atom is -0.354 e. The summed E-state index contributed by atoms with van der Waals surface area (Å²) in [5.74, 6) is 0.164. The van der Waals surface area contributed by atoms with E-state index in [1.165, 1.54) is 10.5 Å². The number of rotatable bonds is 5. The predicted octanol–water partition coefficient (Wildman–Crippen LogP) is 3.38. The molecule has 2 rings (SSSR count). The molecule has 1 aliphatic heterocycles. The SMILES string of the molecule is CCCC(Br)CNC(=O)C1Cc2ccccc2S1. The van der Waals surface area contributed by atoms with Crippen LogP contribution in [0, 0.1) is 0 Å². The number of fused-ring (bicyclic) bond motifs is 1. The molecule has 0 fully saturated rings. The summed E-state index contributed by atoms with van der Waals surface area (Å²) < 4.78 is 0. The molecular formula is C14H18BrNOS. The van der Waals surface area contributed by atoms with Gasteiger partial charge in [0.25, 0.3) is 0 Å². The molecule has 0 saturated carbocycles. The van der Waals surface area contributed by atoms with E-state index in [0.29, 0.717) is 4.83 Å². The van der Waals surface area contributed by atoms with E-state index in [9.17, 15) is 4.79 Å². The normalized spacial score (nSPS) is 19.3. The van der Waals surface area contributed by atoms with Crippen LogP contribution >= 0.6 is 27.7 Å². The number of carbonyl (C=O) groups excluding carboxylic acids is 1. The first kappa shape index (κ1) is 13.9. The summed E-state index contributed by atoms with van der Waals surface area (Å²) in [4.78, 5) is 13.7. The van der Waals surface area contributed by atoms with Crippen molar-refractivity contribution in [3.05, 3.63) is 29.8 Å². The minimum atomic E-state index is 0.0451. The van der Waals surface area contributed by atoms with Crippen molar-refractivity contribution in [2.24, 2.45) is 0 Å². The van der Waals surface area contributed by atoms with Crippen LogP contribution in [0.2, 0.25) is 0 Å².